The molecule has 1 heterocycles. The predicted molar refractivity (Wildman–Crippen MR) is 108 cm³/mol. The molecule has 8 heteroatoms. The van der Waals surface area contributed by atoms with Crippen molar-refractivity contribution < 1.29 is 18.8 Å². The zero-order valence-electron chi connectivity index (χ0n) is 16.2. The minimum Gasteiger partial charge on any atom is -0.473 e. The maximum Gasteiger partial charge on any atom is 0.407 e. The highest BCUT2D eigenvalue weighted by Crippen LogP contribution is 2.38. The van der Waals surface area contributed by atoms with Crippen LogP contribution in [0, 0.1) is 0 Å². The monoisotopic (exact) mass is 416 g/mol. The number of amides is 1. The quantitative estimate of drug-likeness (QED) is 0.634. The second kappa shape index (κ2) is 9.85. The first kappa shape index (κ1) is 23.1. The van der Waals surface area contributed by atoms with Crippen LogP contribution in [0.4, 0.5) is 4.79 Å². The number of carbonyl (C=O) groups excluding carboxylic acids is 1. The smallest absolute Gasteiger partial charge is 0.407 e. The van der Waals surface area contributed by atoms with Crippen LogP contribution in [0.1, 0.15) is 46.1 Å². The molecule has 2 aromatic rings. The Morgan fingerprint density at radius 1 is 1.30 bits per heavy atom. The SMILES string of the molecule is CC(C)c1c(OCCNC(=O)OC(C)(C)C)noc1-c1ccccc1Cl.Cl. The highest BCUT2D eigenvalue weighted by atomic mass is 35.5. The number of aromatic nitrogens is 1. The number of alkyl carbamates (subject to hydrolysis) is 1. The summed E-state index contributed by atoms with van der Waals surface area (Å²) in [7, 11) is 0. The van der Waals surface area contributed by atoms with Gasteiger partial charge in [0.25, 0.3) is 5.88 Å². The number of hydrogen-bond donors (Lipinski definition) is 1. The van der Waals surface area contributed by atoms with Gasteiger partial charge in [0.1, 0.15) is 12.2 Å². The molecular formula is C19H26Cl2N2O4. The average molecular weight is 417 g/mol. The molecule has 0 atom stereocenters. The van der Waals surface area contributed by atoms with Crippen molar-refractivity contribution in [2.75, 3.05) is 13.2 Å². The Balaban J connectivity index is 0.00000364. The first-order valence-corrected chi connectivity index (χ1v) is 8.91. The van der Waals surface area contributed by atoms with E-state index >= 15 is 0 Å². The lowest BCUT2D eigenvalue weighted by Gasteiger charge is -2.19. The predicted octanol–water partition coefficient (Wildman–Crippen LogP) is 5.44. The number of ether oxygens (including phenoxy) is 2. The van der Waals surface area contributed by atoms with Crippen molar-refractivity contribution in [3.8, 4) is 17.2 Å². The van der Waals surface area contributed by atoms with Crippen molar-refractivity contribution in [1.82, 2.24) is 10.5 Å². The van der Waals surface area contributed by atoms with E-state index in [0.717, 1.165) is 11.1 Å². The second-order valence-corrected chi connectivity index (χ2v) is 7.55. The van der Waals surface area contributed by atoms with Gasteiger partial charge in [-0.3, -0.25) is 0 Å². The Hall–Kier alpha value is -1.92. The number of nitrogens with zero attached hydrogens (tertiary/aromatic N) is 1. The van der Waals surface area contributed by atoms with E-state index in [9.17, 15) is 4.79 Å². The molecule has 150 valence electrons. The molecule has 0 aliphatic heterocycles. The fraction of sp³-hybridized carbons (Fsp3) is 0.474. The molecule has 0 fully saturated rings. The third-order valence-electron chi connectivity index (χ3n) is 3.40. The summed E-state index contributed by atoms with van der Waals surface area (Å²) >= 11 is 6.27. The maximum atomic E-state index is 11.6. The van der Waals surface area contributed by atoms with Crippen LogP contribution in [0.25, 0.3) is 11.3 Å². The standard InChI is InChI=1S/C19H25ClN2O4.ClH/c1-12(2)15-16(13-8-6-7-9-14(13)20)26-22-17(15)24-11-10-21-18(23)25-19(3,4)5;/h6-9,12H,10-11H2,1-5H3,(H,21,23);1H. The lowest BCUT2D eigenvalue weighted by atomic mass is 10.00. The summed E-state index contributed by atoms with van der Waals surface area (Å²) in [5, 5.41) is 7.26. The Morgan fingerprint density at radius 2 is 1.96 bits per heavy atom. The normalized spacial score (nSPS) is 11.1. The van der Waals surface area contributed by atoms with Crippen LogP contribution in [0.15, 0.2) is 28.8 Å². The zero-order chi connectivity index (χ0) is 19.3. The minimum absolute atomic E-state index is 0. The third kappa shape index (κ3) is 6.63. The van der Waals surface area contributed by atoms with E-state index in [4.69, 9.17) is 25.6 Å². The van der Waals surface area contributed by atoms with Crippen molar-refractivity contribution in [2.45, 2.75) is 46.1 Å². The van der Waals surface area contributed by atoms with E-state index in [-0.39, 0.29) is 24.9 Å². The highest BCUT2D eigenvalue weighted by Gasteiger charge is 2.23. The molecule has 2 rings (SSSR count). The van der Waals surface area contributed by atoms with Crippen LogP contribution in [-0.2, 0) is 4.74 Å². The molecule has 0 aliphatic carbocycles. The van der Waals surface area contributed by atoms with E-state index in [2.05, 4.69) is 10.5 Å². The van der Waals surface area contributed by atoms with Crippen LogP contribution < -0.4 is 10.1 Å². The molecule has 0 unspecified atom stereocenters. The molecule has 27 heavy (non-hydrogen) atoms. The lowest BCUT2D eigenvalue weighted by molar-refractivity contribution is 0.0519. The highest BCUT2D eigenvalue weighted by molar-refractivity contribution is 6.33. The van der Waals surface area contributed by atoms with Gasteiger partial charge in [0.05, 0.1) is 17.1 Å². The fourth-order valence-corrected chi connectivity index (χ4v) is 2.57. The van der Waals surface area contributed by atoms with Crippen LogP contribution in [0.2, 0.25) is 5.02 Å². The van der Waals surface area contributed by atoms with Crippen molar-refractivity contribution in [2.24, 2.45) is 0 Å². The molecule has 1 N–H and O–H groups in total. The van der Waals surface area contributed by atoms with Gasteiger partial charge in [0.15, 0.2) is 5.76 Å². The molecule has 1 amide bonds. The summed E-state index contributed by atoms with van der Waals surface area (Å²) < 4.78 is 16.4. The largest absolute Gasteiger partial charge is 0.473 e. The summed E-state index contributed by atoms with van der Waals surface area (Å²) in [5.41, 5.74) is 1.08. The van der Waals surface area contributed by atoms with Crippen molar-refractivity contribution >= 4 is 30.1 Å². The second-order valence-electron chi connectivity index (χ2n) is 7.14. The molecule has 0 saturated carbocycles. The van der Waals surface area contributed by atoms with Crippen LogP contribution in [0.3, 0.4) is 0 Å². The first-order valence-electron chi connectivity index (χ1n) is 8.53. The van der Waals surface area contributed by atoms with E-state index < -0.39 is 11.7 Å². The lowest BCUT2D eigenvalue weighted by Crippen LogP contribution is -2.34. The number of halogens is 2. The summed E-state index contributed by atoms with van der Waals surface area (Å²) in [6.45, 7) is 10.0. The molecular weight excluding hydrogens is 391 g/mol. The first-order chi connectivity index (χ1) is 12.2. The van der Waals surface area contributed by atoms with Gasteiger partial charge in [-0.1, -0.05) is 37.6 Å². The van der Waals surface area contributed by atoms with Crippen LogP contribution in [-0.4, -0.2) is 30.0 Å². The number of carbonyl (C=O) groups is 1. The van der Waals surface area contributed by atoms with Gasteiger partial charge in [-0.2, -0.15) is 0 Å². The molecule has 0 aliphatic rings. The third-order valence-corrected chi connectivity index (χ3v) is 3.73. The van der Waals surface area contributed by atoms with E-state index in [1.54, 1.807) is 6.07 Å². The van der Waals surface area contributed by atoms with Gasteiger partial charge in [-0.15, -0.1) is 12.4 Å². The number of nitrogens with one attached hydrogen (secondary N) is 1. The summed E-state index contributed by atoms with van der Waals surface area (Å²) in [5.74, 6) is 1.13. The van der Waals surface area contributed by atoms with Gasteiger partial charge in [0, 0.05) is 5.56 Å². The Morgan fingerprint density at radius 3 is 2.56 bits per heavy atom. The van der Waals surface area contributed by atoms with Crippen molar-refractivity contribution in [1.29, 1.82) is 0 Å². The van der Waals surface area contributed by atoms with Crippen LogP contribution >= 0.6 is 24.0 Å². The molecule has 6 nitrogen and oxygen atoms in total. The summed E-state index contributed by atoms with van der Waals surface area (Å²) in [6, 6.07) is 7.42. The average Bonchev–Trinajstić information content (AvgIpc) is 2.94. The fourth-order valence-electron chi connectivity index (χ4n) is 2.35. The van der Waals surface area contributed by atoms with Gasteiger partial charge >= 0.3 is 6.09 Å². The number of benzene rings is 1. The topological polar surface area (TPSA) is 73.6 Å². The van der Waals surface area contributed by atoms with E-state index in [0.29, 0.717) is 23.2 Å². The van der Waals surface area contributed by atoms with Crippen molar-refractivity contribution in [3.05, 3.63) is 34.9 Å². The molecule has 0 radical (unpaired) electrons. The van der Waals surface area contributed by atoms with Gasteiger partial charge in [0.2, 0.25) is 0 Å². The molecule has 0 spiro atoms. The molecule has 1 aromatic carbocycles. The van der Waals surface area contributed by atoms with E-state index in [1.807, 2.05) is 52.8 Å². The minimum atomic E-state index is -0.536. The molecule has 0 saturated heterocycles. The number of rotatable bonds is 6. The van der Waals surface area contributed by atoms with Gasteiger partial charge in [-0.25, -0.2) is 4.79 Å². The molecule has 0 bridgehead atoms. The zero-order valence-corrected chi connectivity index (χ0v) is 17.7. The Kier molecular flexibility index (Phi) is 8.44. The summed E-state index contributed by atoms with van der Waals surface area (Å²) in [4.78, 5) is 11.6. The van der Waals surface area contributed by atoms with Crippen molar-refractivity contribution in [3.63, 3.8) is 0 Å². The van der Waals surface area contributed by atoms with Crippen LogP contribution in [0.5, 0.6) is 5.88 Å². The van der Waals surface area contributed by atoms with Gasteiger partial charge < -0.3 is 19.3 Å². The van der Waals surface area contributed by atoms with Gasteiger partial charge in [-0.05, 0) is 44.0 Å². The molecule has 1 aromatic heterocycles. The number of hydrogen-bond acceptors (Lipinski definition) is 5. The Labute approximate surface area is 170 Å². The summed E-state index contributed by atoms with van der Waals surface area (Å²) in [6.07, 6.45) is -0.484. The van der Waals surface area contributed by atoms with E-state index in [1.165, 1.54) is 0 Å². The maximum absolute atomic E-state index is 11.6. The Bertz CT molecular complexity index is 754.